The van der Waals surface area contributed by atoms with Crippen molar-refractivity contribution in [3.63, 3.8) is 0 Å². The van der Waals surface area contributed by atoms with Crippen LogP contribution < -0.4 is 20.3 Å². The number of aromatic nitrogens is 1. The van der Waals surface area contributed by atoms with Crippen LogP contribution in [0.4, 0.5) is 5.69 Å². The van der Waals surface area contributed by atoms with Crippen molar-refractivity contribution in [3.8, 4) is 11.5 Å². The zero-order valence-electron chi connectivity index (χ0n) is 18.9. The number of aromatic amines is 1. The molecule has 1 aromatic heterocycles. The molecular formula is C25H29N3O4S. The van der Waals surface area contributed by atoms with Crippen LogP contribution in [0.2, 0.25) is 0 Å². The predicted octanol–water partition coefficient (Wildman–Crippen LogP) is 4.31. The maximum absolute atomic E-state index is 12.9. The lowest BCUT2D eigenvalue weighted by Crippen LogP contribution is -2.40. The molecule has 0 spiro atoms. The summed E-state index contributed by atoms with van der Waals surface area (Å²) in [6.07, 6.45) is 2.08. The fourth-order valence-corrected chi connectivity index (χ4v) is 4.25. The number of pyridine rings is 1. The quantitative estimate of drug-likeness (QED) is 0.478. The molecule has 0 amide bonds. The van der Waals surface area contributed by atoms with Crippen molar-refractivity contribution < 1.29 is 14.2 Å². The minimum atomic E-state index is -0.135. The van der Waals surface area contributed by atoms with E-state index < -0.39 is 0 Å². The van der Waals surface area contributed by atoms with E-state index in [4.69, 9.17) is 26.4 Å². The van der Waals surface area contributed by atoms with Crippen molar-refractivity contribution >= 4 is 33.9 Å². The summed E-state index contributed by atoms with van der Waals surface area (Å²) < 4.78 is 16.9. The molecule has 4 rings (SSSR count). The first-order valence-electron chi connectivity index (χ1n) is 11.2. The second-order valence-corrected chi connectivity index (χ2v) is 8.34. The van der Waals surface area contributed by atoms with E-state index in [1.807, 2.05) is 60.4 Å². The number of methoxy groups -OCH3 is 1. The topological polar surface area (TPSA) is 75.8 Å². The number of para-hydroxylation sites is 2. The summed E-state index contributed by atoms with van der Waals surface area (Å²) in [4.78, 5) is 17.8. The van der Waals surface area contributed by atoms with E-state index >= 15 is 0 Å². The van der Waals surface area contributed by atoms with Crippen molar-refractivity contribution in [1.29, 1.82) is 0 Å². The molecule has 1 aliphatic heterocycles. The van der Waals surface area contributed by atoms with Gasteiger partial charge < -0.3 is 29.4 Å². The lowest BCUT2D eigenvalue weighted by molar-refractivity contribution is 0.0904. The molecule has 1 saturated heterocycles. The zero-order valence-corrected chi connectivity index (χ0v) is 19.7. The Morgan fingerprint density at radius 2 is 2.12 bits per heavy atom. The number of hydrogen-bond donors (Lipinski definition) is 2. The summed E-state index contributed by atoms with van der Waals surface area (Å²) in [6, 6.07) is 15.2. The summed E-state index contributed by atoms with van der Waals surface area (Å²) in [6.45, 7) is 4.23. The van der Waals surface area contributed by atoms with E-state index in [-0.39, 0.29) is 11.7 Å². The van der Waals surface area contributed by atoms with Gasteiger partial charge in [-0.15, -0.1) is 0 Å². The SMILES string of the molecule is CCOc1ccc2[nH]c(=O)c(CN(C[C@H]3CCCO3)C(=S)Nc3ccccc3OC)cc2c1. The molecule has 8 heteroatoms. The molecule has 2 aromatic carbocycles. The summed E-state index contributed by atoms with van der Waals surface area (Å²) in [5.41, 5.74) is 2.03. The number of hydrogen-bond acceptors (Lipinski definition) is 5. The van der Waals surface area contributed by atoms with Gasteiger partial charge in [0, 0.05) is 29.6 Å². The number of anilines is 1. The van der Waals surface area contributed by atoms with E-state index in [2.05, 4.69) is 10.3 Å². The maximum atomic E-state index is 12.9. The van der Waals surface area contributed by atoms with Gasteiger partial charge in [0.05, 0.1) is 32.1 Å². The van der Waals surface area contributed by atoms with Gasteiger partial charge in [0.25, 0.3) is 5.56 Å². The standard InChI is InChI=1S/C25H29N3O4S/c1-3-31-19-10-11-21-17(14-19)13-18(24(29)26-21)15-28(16-20-7-6-12-32-20)25(33)27-22-8-4-5-9-23(22)30-2/h4-5,8-11,13-14,20H,3,6-7,12,15-16H2,1-2H3,(H,26,29)(H,27,33)/t20-/m1/s1. The van der Waals surface area contributed by atoms with Crippen molar-refractivity contribution in [1.82, 2.24) is 9.88 Å². The largest absolute Gasteiger partial charge is 0.495 e. The molecule has 174 valence electrons. The van der Waals surface area contributed by atoms with Crippen LogP contribution in [-0.2, 0) is 11.3 Å². The van der Waals surface area contributed by atoms with Crippen LogP contribution >= 0.6 is 12.2 Å². The molecule has 2 N–H and O–H groups in total. The van der Waals surface area contributed by atoms with Crippen LogP contribution in [0.5, 0.6) is 11.5 Å². The van der Waals surface area contributed by atoms with E-state index in [0.29, 0.717) is 36.1 Å². The highest BCUT2D eigenvalue weighted by Crippen LogP contribution is 2.25. The van der Waals surface area contributed by atoms with Crippen LogP contribution in [0.1, 0.15) is 25.3 Å². The molecule has 0 radical (unpaired) electrons. The highest BCUT2D eigenvalue weighted by atomic mass is 32.1. The summed E-state index contributed by atoms with van der Waals surface area (Å²) in [5.74, 6) is 1.47. The number of ether oxygens (including phenoxy) is 3. The van der Waals surface area contributed by atoms with Crippen LogP contribution in [0.15, 0.2) is 53.3 Å². The van der Waals surface area contributed by atoms with Crippen molar-refractivity contribution in [2.24, 2.45) is 0 Å². The minimum absolute atomic E-state index is 0.0755. The third-order valence-electron chi connectivity index (χ3n) is 5.65. The van der Waals surface area contributed by atoms with Crippen LogP contribution in [0, 0.1) is 0 Å². The first-order chi connectivity index (χ1) is 16.1. The maximum Gasteiger partial charge on any atom is 0.253 e. The van der Waals surface area contributed by atoms with Crippen LogP contribution in [-0.4, -0.2) is 48.0 Å². The Morgan fingerprint density at radius 3 is 2.88 bits per heavy atom. The molecule has 3 aromatic rings. The number of benzene rings is 2. The highest BCUT2D eigenvalue weighted by Gasteiger charge is 2.22. The van der Waals surface area contributed by atoms with Crippen LogP contribution in [0.3, 0.4) is 0 Å². The van der Waals surface area contributed by atoms with E-state index in [0.717, 1.165) is 41.8 Å². The number of nitrogens with one attached hydrogen (secondary N) is 2. The first-order valence-corrected chi connectivity index (χ1v) is 11.6. The minimum Gasteiger partial charge on any atom is -0.495 e. The smallest absolute Gasteiger partial charge is 0.253 e. The molecule has 1 aliphatic rings. The molecular weight excluding hydrogens is 438 g/mol. The fraction of sp³-hybridized carbons (Fsp3) is 0.360. The highest BCUT2D eigenvalue weighted by molar-refractivity contribution is 7.80. The number of fused-ring (bicyclic) bond motifs is 1. The monoisotopic (exact) mass is 467 g/mol. The lowest BCUT2D eigenvalue weighted by atomic mass is 10.1. The Kier molecular flexibility index (Phi) is 7.47. The number of rotatable bonds is 8. The molecule has 0 bridgehead atoms. The second-order valence-electron chi connectivity index (χ2n) is 7.95. The zero-order chi connectivity index (χ0) is 23.2. The Labute approximate surface area is 198 Å². The van der Waals surface area contributed by atoms with Gasteiger partial charge in [0.2, 0.25) is 0 Å². The molecule has 1 atom stereocenters. The Morgan fingerprint density at radius 1 is 1.27 bits per heavy atom. The number of H-pyrrole nitrogens is 1. The van der Waals surface area contributed by atoms with E-state index in [9.17, 15) is 4.79 Å². The van der Waals surface area contributed by atoms with Crippen molar-refractivity contribution in [3.05, 3.63) is 64.4 Å². The van der Waals surface area contributed by atoms with E-state index in [1.165, 1.54) is 0 Å². The molecule has 33 heavy (non-hydrogen) atoms. The summed E-state index contributed by atoms with van der Waals surface area (Å²) >= 11 is 5.76. The van der Waals surface area contributed by atoms with Gasteiger partial charge in [0.15, 0.2) is 5.11 Å². The number of nitrogens with zero attached hydrogens (tertiary/aromatic N) is 1. The van der Waals surface area contributed by atoms with Gasteiger partial charge >= 0.3 is 0 Å². The van der Waals surface area contributed by atoms with Crippen molar-refractivity contribution in [2.45, 2.75) is 32.4 Å². The third-order valence-corrected chi connectivity index (χ3v) is 6.01. The van der Waals surface area contributed by atoms with Gasteiger partial charge in [-0.05, 0) is 68.4 Å². The molecule has 2 heterocycles. The summed E-state index contributed by atoms with van der Waals surface area (Å²) in [5, 5.41) is 4.71. The normalized spacial score (nSPS) is 15.4. The van der Waals surface area contributed by atoms with Crippen molar-refractivity contribution in [2.75, 3.05) is 32.2 Å². The molecule has 0 unspecified atom stereocenters. The average Bonchev–Trinajstić information content (AvgIpc) is 3.33. The second kappa shape index (κ2) is 10.7. The first kappa shape index (κ1) is 23.1. The molecule has 0 aliphatic carbocycles. The molecule has 0 saturated carbocycles. The van der Waals surface area contributed by atoms with Gasteiger partial charge in [-0.3, -0.25) is 4.79 Å². The molecule has 1 fully saturated rings. The fourth-order valence-electron chi connectivity index (χ4n) is 4.01. The van der Waals surface area contributed by atoms with Gasteiger partial charge in [-0.1, -0.05) is 12.1 Å². The Balaban J connectivity index is 1.61. The summed E-state index contributed by atoms with van der Waals surface area (Å²) in [7, 11) is 1.62. The molecule has 7 nitrogen and oxygen atoms in total. The van der Waals surface area contributed by atoms with E-state index in [1.54, 1.807) is 7.11 Å². The Hall–Kier alpha value is -3.10. The van der Waals surface area contributed by atoms with Gasteiger partial charge in [0.1, 0.15) is 11.5 Å². The van der Waals surface area contributed by atoms with Crippen LogP contribution in [0.25, 0.3) is 10.9 Å². The predicted molar refractivity (Wildman–Crippen MR) is 134 cm³/mol. The van der Waals surface area contributed by atoms with Gasteiger partial charge in [-0.25, -0.2) is 0 Å². The van der Waals surface area contributed by atoms with Gasteiger partial charge in [-0.2, -0.15) is 0 Å². The number of thiocarbonyl (C=S) groups is 1. The average molecular weight is 468 g/mol. The Bertz CT molecular complexity index is 1170. The third kappa shape index (κ3) is 5.64. The lowest BCUT2D eigenvalue weighted by Gasteiger charge is -2.28.